The van der Waals surface area contributed by atoms with E-state index in [-0.39, 0.29) is 11.6 Å². The molecule has 2 aromatic carbocycles. The van der Waals surface area contributed by atoms with Crippen molar-refractivity contribution in [3.63, 3.8) is 0 Å². The number of fused-ring (bicyclic) bond motifs is 1. The van der Waals surface area contributed by atoms with Crippen LogP contribution < -0.4 is 9.47 Å². The molecule has 0 bridgehead atoms. The minimum absolute atomic E-state index is 0.271. The Bertz CT molecular complexity index is 1150. The van der Waals surface area contributed by atoms with Crippen LogP contribution in [-0.4, -0.2) is 53.2 Å². The van der Waals surface area contributed by atoms with E-state index in [9.17, 15) is 9.50 Å². The maximum absolute atomic E-state index is 13.8. The molecule has 35 heavy (non-hydrogen) atoms. The first-order valence-corrected chi connectivity index (χ1v) is 12.2. The maximum atomic E-state index is 13.8. The average Bonchev–Trinajstić information content (AvgIpc) is 3.08. The minimum Gasteiger partial charge on any atom is -0.494 e. The number of piperidine rings is 1. The zero-order valence-electron chi connectivity index (χ0n) is 20.1. The van der Waals surface area contributed by atoms with Crippen LogP contribution in [0.4, 0.5) is 4.39 Å². The van der Waals surface area contributed by atoms with Crippen molar-refractivity contribution in [1.82, 2.24) is 14.8 Å². The molecule has 5 rings (SSSR count). The van der Waals surface area contributed by atoms with Gasteiger partial charge < -0.3 is 14.6 Å². The highest BCUT2D eigenvalue weighted by Gasteiger charge is 2.34. The Kier molecular flexibility index (Phi) is 7.00. The molecule has 2 aliphatic heterocycles. The van der Waals surface area contributed by atoms with E-state index in [4.69, 9.17) is 9.47 Å². The first-order chi connectivity index (χ1) is 17.0. The fourth-order valence-electron chi connectivity index (χ4n) is 5.06. The second-order valence-corrected chi connectivity index (χ2v) is 9.52. The van der Waals surface area contributed by atoms with E-state index in [1.807, 2.05) is 18.2 Å². The molecule has 1 fully saturated rings. The number of hydrogen-bond acceptors (Lipinski definition) is 6. The van der Waals surface area contributed by atoms with Gasteiger partial charge in [-0.3, -0.25) is 14.8 Å². The van der Waals surface area contributed by atoms with Crippen molar-refractivity contribution in [1.29, 1.82) is 0 Å². The van der Waals surface area contributed by atoms with Gasteiger partial charge in [-0.25, -0.2) is 4.39 Å². The van der Waals surface area contributed by atoms with Crippen molar-refractivity contribution >= 4 is 0 Å². The quantitative estimate of drug-likeness (QED) is 0.577. The number of rotatable bonds is 6. The van der Waals surface area contributed by atoms with Crippen LogP contribution in [0.15, 0.2) is 60.9 Å². The van der Waals surface area contributed by atoms with Gasteiger partial charge in [-0.1, -0.05) is 18.2 Å². The second kappa shape index (κ2) is 10.3. The van der Waals surface area contributed by atoms with Crippen LogP contribution in [0.1, 0.15) is 35.1 Å². The van der Waals surface area contributed by atoms with Crippen LogP contribution >= 0.6 is 0 Å². The van der Waals surface area contributed by atoms with Crippen LogP contribution in [-0.2, 0) is 25.2 Å². The van der Waals surface area contributed by atoms with Crippen molar-refractivity contribution in [3.8, 4) is 11.5 Å². The lowest BCUT2D eigenvalue weighted by molar-refractivity contribution is -0.0279. The molecule has 0 aliphatic carbocycles. The van der Waals surface area contributed by atoms with Crippen molar-refractivity contribution in [3.05, 3.63) is 89.0 Å². The highest BCUT2D eigenvalue weighted by Crippen LogP contribution is 2.33. The SMILES string of the molecule is COc1cc(CN2CCOc3ccc(CN4CCC(O)(c5cccnc5)CC4)cc3C2)ccc1F. The van der Waals surface area contributed by atoms with Gasteiger partial charge in [-0.15, -0.1) is 0 Å². The summed E-state index contributed by atoms with van der Waals surface area (Å²) in [6.07, 6.45) is 4.90. The molecule has 0 unspecified atom stereocenters. The number of aliphatic hydroxyl groups is 1. The molecule has 7 heteroatoms. The van der Waals surface area contributed by atoms with Crippen molar-refractivity contribution in [2.45, 2.75) is 38.1 Å². The summed E-state index contributed by atoms with van der Waals surface area (Å²) in [6.45, 7) is 5.37. The summed E-state index contributed by atoms with van der Waals surface area (Å²) in [5, 5.41) is 11.1. The van der Waals surface area contributed by atoms with E-state index >= 15 is 0 Å². The lowest BCUT2D eigenvalue weighted by Gasteiger charge is -2.38. The van der Waals surface area contributed by atoms with Crippen molar-refractivity contribution in [2.75, 3.05) is 33.4 Å². The number of methoxy groups -OCH3 is 1. The van der Waals surface area contributed by atoms with Gasteiger partial charge in [0.1, 0.15) is 12.4 Å². The maximum Gasteiger partial charge on any atom is 0.165 e. The highest BCUT2D eigenvalue weighted by atomic mass is 19.1. The summed E-state index contributed by atoms with van der Waals surface area (Å²) in [5.74, 6) is 0.854. The Morgan fingerprint density at radius 2 is 1.80 bits per heavy atom. The molecule has 3 heterocycles. The van der Waals surface area contributed by atoms with Gasteiger partial charge >= 0.3 is 0 Å². The van der Waals surface area contributed by atoms with E-state index in [2.05, 4.69) is 33.0 Å². The van der Waals surface area contributed by atoms with Gasteiger partial charge in [0.2, 0.25) is 0 Å². The van der Waals surface area contributed by atoms with Crippen LogP contribution in [0.25, 0.3) is 0 Å². The molecular formula is C28H32FN3O3. The second-order valence-electron chi connectivity index (χ2n) is 9.52. The fraction of sp³-hybridized carbons (Fsp3) is 0.393. The summed E-state index contributed by atoms with van der Waals surface area (Å²) in [4.78, 5) is 8.89. The first kappa shape index (κ1) is 23.7. The van der Waals surface area contributed by atoms with Crippen LogP contribution in [0.2, 0.25) is 0 Å². The molecule has 0 spiro atoms. The zero-order valence-corrected chi connectivity index (χ0v) is 20.1. The number of benzene rings is 2. The molecule has 184 valence electrons. The number of aromatic nitrogens is 1. The Labute approximate surface area is 205 Å². The van der Waals surface area contributed by atoms with Gasteiger partial charge in [0.15, 0.2) is 11.6 Å². The average molecular weight is 478 g/mol. The molecule has 1 saturated heterocycles. The molecule has 1 aromatic heterocycles. The molecule has 1 N–H and O–H groups in total. The fourth-order valence-corrected chi connectivity index (χ4v) is 5.06. The number of hydrogen-bond donors (Lipinski definition) is 1. The third kappa shape index (κ3) is 5.48. The number of nitrogens with zero attached hydrogens (tertiary/aromatic N) is 3. The normalized spacial score (nSPS) is 18.4. The van der Waals surface area contributed by atoms with Gasteiger partial charge in [0, 0.05) is 62.8 Å². The predicted octanol–water partition coefficient (Wildman–Crippen LogP) is 4.11. The standard InChI is InChI=1S/C28H32FN3O3/c1-34-27-16-22(4-6-25(27)29)19-32-13-14-35-26-7-5-21(15-23(26)20-32)18-31-11-8-28(33,9-12-31)24-3-2-10-30-17-24/h2-7,10,15-17,33H,8-9,11-14,18-20H2,1H3. The summed E-state index contributed by atoms with van der Waals surface area (Å²) in [6, 6.07) is 15.3. The molecule has 0 saturated carbocycles. The summed E-state index contributed by atoms with van der Waals surface area (Å²) >= 11 is 0. The molecule has 6 nitrogen and oxygen atoms in total. The van der Waals surface area contributed by atoms with E-state index < -0.39 is 5.60 Å². The topological polar surface area (TPSA) is 58.1 Å². The first-order valence-electron chi connectivity index (χ1n) is 12.2. The van der Waals surface area contributed by atoms with E-state index in [1.54, 1.807) is 18.5 Å². The van der Waals surface area contributed by atoms with Crippen LogP contribution in [0, 0.1) is 5.82 Å². The van der Waals surface area contributed by atoms with Gasteiger partial charge in [0.05, 0.1) is 12.7 Å². The molecule has 2 aliphatic rings. The largest absolute Gasteiger partial charge is 0.494 e. The number of likely N-dealkylation sites (tertiary alicyclic amines) is 1. The lowest BCUT2D eigenvalue weighted by atomic mass is 9.85. The Morgan fingerprint density at radius 3 is 2.57 bits per heavy atom. The van der Waals surface area contributed by atoms with Gasteiger partial charge in [-0.05, 0) is 54.3 Å². The van der Waals surface area contributed by atoms with Gasteiger partial charge in [-0.2, -0.15) is 0 Å². The monoisotopic (exact) mass is 477 g/mol. The Hall–Kier alpha value is -3.00. The van der Waals surface area contributed by atoms with E-state index in [0.717, 1.165) is 55.2 Å². The summed E-state index contributed by atoms with van der Waals surface area (Å²) < 4.78 is 25.0. The Balaban J connectivity index is 1.23. The number of halogens is 1. The molecule has 3 aromatic rings. The minimum atomic E-state index is -0.796. The third-order valence-corrected chi connectivity index (χ3v) is 7.09. The lowest BCUT2D eigenvalue weighted by Crippen LogP contribution is -2.42. The Morgan fingerprint density at radius 1 is 1.03 bits per heavy atom. The van der Waals surface area contributed by atoms with E-state index in [0.29, 0.717) is 26.0 Å². The zero-order chi connectivity index (χ0) is 24.3. The smallest absolute Gasteiger partial charge is 0.165 e. The molecule has 0 amide bonds. The predicted molar refractivity (Wildman–Crippen MR) is 132 cm³/mol. The third-order valence-electron chi connectivity index (χ3n) is 7.09. The highest BCUT2D eigenvalue weighted by molar-refractivity contribution is 5.38. The number of ether oxygens (including phenoxy) is 2. The molecular weight excluding hydrogens is 445 g/mol. The molecule has 0 radical (unpaired) electrons. The number of pyridine rings is 1. The van der Waals surface area contributed by atoms with Crippen LogP contribution in [0.5, 0.6) is 11.5 Å². The van der Waals surface area contributed by atoms with Crippen LogP contribution in [0.3, 0.4) is 0 Å². The van der Waals surface area contributed by atoms with E-state index in [1.165, 1.54) is 18.7 Å². The van der Waals surface area contributed by atoms with Crippen molar-refractivity contribution < 1.29 is 19.0 Å². The van der Waals surface area contributed by atoms with Gasteiger partial charge in [0.25, 0.3) is 0 Å². The summed E-state index contributed by atoms with van der Waals surface area (Å²) in [7, 11) is 1.49. The summed E-state index contributed by atoms with van der Waals surface area (Å²) in [5.41, 5.74) is 3.52. The van der Waals surface area contributed by atoms with Crippen molar-refractivity contribution in [2.24, 2.45) is 0 Å². The molecule has 0 atom stereocenters.